The number of ether oxygens (including phenoxy) is 1. The molecule has 1 aromatic heterocycles. The van der Waals surface area contributed by atoms with Gasteiger partial charge in [-0.1, -0.05) is 12.1 Å². The standard InChI is InChI=1S/C22H24FN3O3/c1-21(2,3)26(20(27)28)13-22(8-9-22)14-29-17-10-18(19(23)25-12-17)16-6-4-15(11-24)5-7-16/h4-7,10,12H,8-9,13-14H2,1-3H3,(H,27,28). The van der Waals surface area contributed by atoms with Gasteiger partial charge in [0.25, 0.3) is 0 Å². The summed E-state index contributed by atoms with van der Waals surface area (Å²) in [6.07, 6.45) is 2.14. The molecule has 1 fully saturated rings. The van der Waals surface area contributed by atoms with Crippen molar-refractivity contribution in [3.05, 3.63) is 48.0 Å². The van der Waals surface area contributed by atoms with Crippen molar-refractivity contribution in [2.45, 2.75) is 39.2 Å². The van der Waals surface area contributed by atoms with E-state index in [-0.39, 0.29) is 5.41 Å². The molecular formula is C22H24FN3O3. The topological polar surface area (TPSA) is 86.5 Å². The molecule has 29 heavy (non-hydrogen) atoms. The molecule has 0 spiro atoms. The summed E-state index contributed by atoms with van der Waals surface area (Å²) in [5.41, 5.74) is 0.659. The number of nitriles is 1. The van der Waals surface area contributed by atoms with Crippen molar-refractivity contribution < 1.29 is 19.0 Å². The molecule has 1 saturated carbocycles. The fourth-order valence-electron chi connectivity index (χ4n) is 3.12. The second kappa shape index (κ2) is 7.70. The lowest BCUT2D eigenvalue weighted by Gasteiger charge is -2.36. The maximum absolute atomic E-state index is 14.2. The van der Waals surface area contributed by atoms with Crippen LogP contribution in [0.4, 0.5) is 9.18 Å². The first-order chi connectivity index (χ1) is 13.6. The smallest absolute Gasteiger partial charge is 0.407 e. The minimum Gasteiger partial charge on any atom is -0.491 e. The Labute approximate surface area is 169 Å². The zero-order chi connectivity index (χ0) is 21.2. The van der Waals surface area contributed by atoms with Gasteiger partial charge in [0, 0.05) is 23.1 Å². The first kappa shape index (κ1) is 20.6. The lowest BCUT2D eigenvalue weighted by atomic mass is 10.0. The molecule has 1 amide bonds. The quantitative estimate of drug-likeness (QED) is 0.714. The third kappa shape index (κ3) is 4.83. The van der Waals surface area contributed by atoms with E-state index < -0.39 is 17.6 Å². The predicted octanol–water partition coefficient (Wildman–Crippen LogP) is 4.70. The van der Waals surface area contributed by atoms with Gasteiger partial charge in [-0.05, 0) is 57.4 Å². The molecule has 152 valence electrons. The van der Waals surface area contributed by atoms with Crippen molar-refractivity contribution in [1.82, 2.24) is 9.88 Å². The van der Waals surface area contributed by atoms with Crippen LogP contribution < -0.4 is 4.74 Å². The lowest BCUT2D eigenvalue weighted by molar-refractivity contribution is 0.0746. The van der Waals surface area contributed by atoms with Crippen LogP contribution >= 0.6 is 0 Å². The van der Waals surface area contributed by atoms with Gasteiger partial charge in [-0.3, -0.25) is 0 Å². The number of hydrogen-bond donors (Lipinski definition) is 1. The van der Waals surface area contributed by atoms with Gasteiger partial charge in [0.15, 0.2) is 0 Å². The Morgan fingerprint density at radius 1 is 1.34 bits per heavy atom. The number of hydrogen-bond acceptors (Lipinski definition) is 4. The summed E-state index contributed by atoms with van der Waals surface area (Å²) < 4.78 is 20.1. The highest BCUT2D eigenvalue weighted by molar-refractivity contribution is 5.66. The molecule has 1 aromatic carbocycles. The Kier molecular flexibility index (Phi) is 5.47. The molecule has 0 unspecified atom stereocenters. The molecule has 1 N–H and O–H groups in total. The van der Waals surface area contributed by atoms with Gasteiger partial charge in [-0.25, -0.2) is 9.78 Å². The highest BCUT2D eigenvalue weighted by atomic mass is 19.1. The zero-order valence-corrected chi connectivity index (χ0v) is 16.8. The predicted molar refractivity (Wildman–Crippen MR) is 106 cm³/mol. The molecule has 1 aliphatic rings. The third-order valence-electron chi connectivity index (χ3n) is 5.18. The largest absolute Gasteiger partial charge is 0.491 e. The van der Waals surface area contributed by atoms with E-state index in [0.717, 1.165) is 12.8 Å². The number of carboxylic acid groups (broad SMARTS) is 1. The summed E-state index contributed by atoms with van der Waals surface area (Å²) >= 11 is 0. The number of nitrogens with zero attached hydrogens (tertiary/aromatic N) is 3. The molecule has 2 aromatic rings. The SMILES string of the molecule is CC(C)(C)N(CC1(COc2cnc(F)c(-c3ccc(C#N)cc3)c2)CC1)C(=O)O. The maximum Gasteiger partial charge on any atom is 0.407 e. The number of pyridine rings is 1. The summed E-state index contributed by atoms with van der Waals surface area (Å²) in [6.45, 7) is 6.33. The van der Waals surface area contributed by atoms with E-state index in [0.29, 0.717) is 35.6 Å². The molecular weight excluding hydrogens is 373 g/mol. The van der Waals surface area contributed by atoms with Crippen LogP contribution in [-0.4, -0.2) is 39.8 Å². The van der Waals surface area contributed by atoms with Crippen molar-refractivity contribution in [2.24, 2.45) is 5.41 Å². The number of halogens is 1. The van der Waals surface area contributed by atoms with Crippen LogP contribution in [0.2, 0.25) is 0 Å². The van der Waals surface area contributed by atoms with Crippen molar-refractivity contribution in [3.8, 4) is 22.9 Å². The van der Waals surface area contributed by atoms with E-state index in [1.54, 1.807) is 30.3 Å². The first-order valence-corrected chi connectivity index (χ1v) is 9.43. The average molecular weight is 397 g/mol. The average Bonchev–Trinajstić information content (AvgIpc) is 3.45. The summed E-state index contributed by atoms with van der Waals surface area (Å²) in [5, 5.41) is 18.4. The van der Waals surface area contributed by atoms with Crippen LogP contribution in [-0.2, 0) is 0 Å². The fraction of sp³-hybridized carbons (Fsp3) is 0.409. The molecule has 0 saturated heterocycles. The molecule has 3 rings (SSSR count). The Morgan fingerprint density at radius 3 is 2.52 bits per heavy atom. The molecule has 0 radical (unpaired) electrons. The molecule has 1 aliphatic carbocycles. The van der Waals surface area contributed by atoms with Crippen molar-refractivity contribution >= 4 is 6.09 Å². The molecule has 0 bridgehead atoms. The van der Waals surface area contributed by atoms with E-state index in [2.05, 4.69) is 4.98 Å². The van der Waals surface area contributed by atoms with E-state index in [1.807, 2.05) is 26.8 Å². The summed E-state index contributed by atoms with van der Waals surface area (Å²) in [7, 11) is 0. The number of amides is 1. The van der Waals surface area contributed by atoms with Crippen LogP contribution in [0, 0.1) is 22.7 Å². The van der Waals surface area contributed by atoms with E-state index in [4.69, 9.17) is 10.00 Å². The number of carbonyl (C=O) groups is 1. The molecule has 1 heterocycles. The number of rotatable bonds is 6. The van der Waals surface area contributed by atoms with Gasteiger partial charge in [0.1, 0.15) is 5.75 Å². The van der Waals surface area contributed by atoms with Gasteiger partial charge in [0.05, 0.1) is 24.4 Å². The van der Waals surface area contributed by atoms with Crippen LogP contribution in [0.3, 0.4) is 0 Å². The highest BCUT2D eigenvalue weighted by Gasteiger charge is 2.47. The van der Waals surface area contributed by atoms with Gasteiger partial charge in [-0.2, -0.15) is 9.65 Å². The van der Waals surface area contributed by atoms with Gasteiger partial charge in [0.2, 0.25) is 5.95 Å². The maximum atomic E-state index is 14.2. The van der Waals surface area contributed by atoms with E-state index in [1.165, 1.54) is 11.1 Å². The number of benzene rings is 1. The van der Waals surface area contributed by atoms with Crippen LogP contribution in [0.25, 0.3) is 11.1 Å². The lowest BCUT2D eigenvalue weighted by Crippen LogP contribution is -2.48. The van der Waals surface area contributed by atoms with Crippen LogP contribution in [0.5, 0.6) is 5.75 Å². The van der Waals surface area contributed by atoms with Crippen molar-refractivity contribution in [3.63, 3.8) is 0 Å². The van der Waals surface area contributed by atoms with Crippen LogP contribution in [0.15, 0.2) is 36.5 Å². The minimum absolute atomic E-state index is 0.228. The minimum atomic E-state index is -0.949. The van der Waals surface area contributed by atoms with Crippen LogP contribution in [0.1, 0.15) is 39.2 Å². The molecule has 0 atom stereocenters. The highest BCUT2D eigenvalue weighted by Crippen LogP contribution is 2.47. The normalized spacial score (nSPS) is 14.7. The first-order valence-electron chi connectivity index (χ1n) is 9.43. The molecule has 6 nitrogen and oxygen atoms in total. The third-order valence-corrected chi connectivity index (χ3v) is 5.18. The summed E-state index contributed by atoms with van der Waals surface area (Å²) in [5.74, 6) is -0.192. The van der Waals surface area contributed by atoms with E-state index in [9.17, 15) is 14.3 Å². The Bertz CT molecular complexity index is 941. The number of aromatic nitrogens is 1. The van der Waals surface area contributed by atoms with Gasteiger partial charge >= 0.3 is 6.09 Å². The zero-order valence-electron chi connectivity index (χ0n) is 16.8. The Balaban J connectivity index is 1.72. The van der Waals surface area contributed by atoms with Gasteiger partial charge in [-0.15, -0.1) is 0 Å². The fourth-order valence-corrected chi connectivity index (χ4v) is 3.12. The summed E-state index contributed by atoms with van der Waals surface area (Å²) in [4.78, 5) is 16.8. The Hall–Kier alpha value is -3.14. The second-order valence-electron chi connectivity index (χ2n) is 8.53. The van der Waals surface area contributed by atoms with Crippen molar-refractivity contribution in [2.75, 3.05) is 13.2 Å². The molecule has 0 aliphatic heterocycles. The monoisotopic (exact) mass is 397 g/mol. The van der Waals surface area contributed by atoms with Gasteiger partial charge < -0.3 is 14.7 Å². The Morgan fingerprint density at radius 2 is 2.00 bits per heavy atom. The second-order valence-corrected chi connectivity index (χ2v) is 8.53. The summed E-state index contributed by atoms with van der Waals surface area (Å²) in [6, 6.07) is 10.2. The molecule has 7 heteroatoms. The van der Waals surface area contributed by atoms with E-state index >= 15 is 0 Å². The van der Waals surface area contributed by atoms with Crippen molar-refractivity contribution in [1.29, 1.82) is 5.26 Å².